The molecule has 2 unspecified atom stereocenters. The summed E-state index contributed by atoms with van der Waals surface area (Å²) in [6.45, 7) is 17.5. The van der Waals surface area contributed by atoms with E-state index in [2.05, 4.69) is 76.7 Å². The molecule has 6 saturated heterocycles. The van der Waals surface area contributed by atoms with Crippen LogP contribution in [0.2, 0.25) is 0 Å². The maximum absolute atomic E-state index is 14.0. The summed E-state index contributed by atoms with van der Waals surface area (Å²) in [7, 11) is -3.67. The van der Waals surface area contributed by atoms with Crippen LogP contribution in [0.15, 0.2) is 85.7 Å². The van der Waals surface area contributed by atoms with Crippen LogP contribution < -0.4 is 48.7 Å². The summed E-state index contributed by atoms with van der Waals surface area (Å²) in [6.07, 6.45) is 7.47. The Morgan fingerprint density at radius 3 is 1.37 bits per heavy atom. The number of nitrogens with zero attached hydrogens (tertiary/aromatic N) is 13. The molecule has 11 N–H and O–H groups in total. The second-order valence-corrected chi connectivity index (χ2v) is 32.5. The highest BCUT2D eigenvalue weighted by Gasteiger charge is 2.48. The molecule has 0 bridgehead atoms. The largest absolute Gasteiger partial charge is 0.384 e. The third kappa shape index (κ3) is 26.9. The first kappa shape index (κ1) is 103. The molecule has 724 valence electrons. The Labute approximate surface area is 768 Å². The molecule has 8 aromatic rings. The van der Waals surface area contributed by atoms with Crippen molar-refractivity contribution in [2.75, 3.05) is 157 Å². The minimum Gasteiger partial charge on any atom is -0.384 e. The van der Waals surface area contributed by atoms with Gasteiger partial charge in [0, 0.05) is 121 Å². The Balaban J connectivity index is 0.000000208. The number of amides is 10. The predicted molar refractivity (Wildman–Crippen MR) is 473 cm³/mol. The molecule has 0 aliphatic carbocycles. The van der Waals surface area contributed by atoms with E-state index in [4.69, 9.17) is 49.4 Å². The summed E-state index contributed by atoms with van der Waals surface area (Å²) >= 11 is 0. The summed E-state index contributed by atoms with van der Waals surface area (Å²) in [5.74, 6) is -5.26. The van der Waals surface area contributed by atoms with Gasteiger partial charge in [0.05, 0.1) is 103 Å². The van der Waals surface area contributed by atoms with Crippen molar-refractivity contribution >= 4 is 127 Å². The predicted octanol–water partition coefficient (Wildman–Crippen LogP) is 6.39. The number of hydrogen-bond donors (Lipinski definition) is 9. The van der Waals surface area contributed by atoms with Crippen molar-refractivity contribution in [2.45, 2.75) is 161 Å². The monoisotopic (exact) mass is 1910 g/mol. The molecule has 14 heterocycles. The van der Waals surface area contributed by atoms with Crippen LogP contribution in [0.5, 0.6) is 0 Å². The van der Waals surface area contributed by atoms with Gasteiger partial charge in [-0.3, -0.25) is 86.8 Å². The molecular formula is C84H111ClF4N22O21S. The summed E-state index contributed by atoms with van der Waals surface area (Å²) in [5, 5.41) is 35.0. The topological polar surface area (TPSA) is 530 Å². The molecule has 16 rings (SSSR count). The van der Waals surface area contributed by atoms with Crippen molar-refractivity contribution in [1.29, 1.82) is 0 Å². The van der Waals surface area contributed by atoms with Gasteiger partial charge >= 0.3 is 0 Å². The Morgan fingerprint density at radius 1 is 0.564 bits per heavy atom. The van der Waals surface area contributed by atoms with Gasteiger partial charge in [0.15, 0.2) is 35.3 Å². The van der Waals surface area contributed by atoms with Crippen molar-refractivity contribution < 1.29 is 116 Å². The van der Waals surface area contributed by atoms with Gasteiger partial charge in [-0.2, -0.15) is 28.8 Å². The van der Waals surface area contributed by atoms with Crippen LogP contribution in [0.1, 0.15) is 198 Å². The molecule has 49 heteroatoms. The van der Waals surface area contributed by atoms with Crippen LogP contribution in [0.3, 0.4) is 0 Å². The van der Waals surface area contributed by atoms with Crippen molar-refractivity contribution in [3.63, 3.8) is 0 Å². The Bertz CT molecular complexity index is 5480. The number of benzene rings is 2. The number of imide groups is 4. The van der Waals surface area contributed by atoms with E-state index in [0.29, 0.717) is 56.7 Å². The fourth-order valence-electron chi connectivity index (χ4n) is 15.2. The van der Waals surface area contributed by atoms with Gasteiger partial charge in [0.1, 0.15) is 41.5 Å². The van der Waals surface area contributed by atoms with E-state index < -0.39 is 124 Å². The number of halogens is 5. The minimum absolute atomic E-state index is 0. The number of likely N-dealkylation sites (tertiary alicyclic amines) is 1. The van der Waals surface area contributed by atoms with Crippen LogP contribution in [-0.2, 0) is 71.4 Å². The molecule has 0 radical (unpaired) electrons. The van der Waals surface area contributed by atoms with Crippen LogP contribution in [0.25, 0.3) is 11.3 Å². The highest BCUT2D eigenvalue weighted by atomic mass is 35.5. The van der Waals surface area contributed by atoms with E-state index in [1.807, 2.05) is 27.7 Å². The van der Waals surface area contributed by atoms with Crippen LogP contribution in [0, 0.1) is 0 Å². The molecule has 2 aromatic carbocycles. The minimum atomic E-state index is -3.67. The molecule has 6 fully saturated rings. The zero-order valence-corrected chi connectivity index (χ0v) is 74.7. The fourth-order valence-corrected chi connectivity index (χ4v) is 15.5. The number of carbonyl (C=O) groups excluding carboxylic acids is 10. The van der Waals surface area contributed by atoms with Gasteiger partial charge in [-0.15, -0.1) is 12.4 Å². The van der Waals surface area contributed by atoms with Crippen molar-refractivity contribution in [3.8, 4) is 0 Å². The molecule has 6 aromatic heterocycles. The van der Waals surface area contributed by atoms with Gasteiger partial charge in [0.2, 0.25) is 23.6 Å². The Hall–Kier alpha value is -11.7. The summed E-state index contributed by atoms with van der Waals surface area (Å²) < 4.78 is 131. The average Bonchev–Trinajstić information content (AvgIpc) is 1.60. The number of carbonyl (C=O) groups is 10. The number of nitrogens with two attached hydrogens (primary N) is 2. The first-order valence-corrected chi connectivity index (χ1v) is 44.7. The van der Waals surface area contributed by atoms with Crippen LogP contribution in [-0.4, -0.2) is 293 Å². The molecule has 2 atom stereocenters. The van der Waals surface area contributed by atoms with Crippen molar-refractivity contribution in [2.24, 2.45) is 0 Å². The normalized spacial score (nSPS) is 20.0. The van der Waals surface area contributed by atoms with E-state index in [1.54, 1.807) is 36.4 Å². The lowest BCUT2D eigenvalue weighted by Gasteiger charge is -2.36. The zero-order valence-electron chi connectivity index (χ0n) is 73.0. The van der Waals surface area contributed by atoms with E-state index in [0.717, 1.165) is 101 Å². The highest BCUT2D eigenvalue weighted by molar-refractivity contribution is 7.86. The van der Waals surface area contributed by atoms with Gasteiger partial charge in [-0.05, 0) is 129 Å². The number of piperidine rings is 4. The maximum Gasteiger partial charge on any atom is 0.284 e. The van der Waals surface area contributed by atoms with E-state index in [-0.39, 0.29) is 158 Å². The molecule has 0 spiro atoms. The molecule has 0 saturated carbocycles. The SMILES string of the molecule is C.CCOCC.CCOCC.CS(=O)(=O)OCC1OCC(n2cc(NC(=O)c3cnn4ccc(N)nc34)c(C(F)F)n2)CO1.Cl.Nc1ccn2ncc(C(=O)Nc3cn(C4COC(CN5CCC(OCCCNc6cccc7c6C(=O)N(C6CCC(=O)NC6=O)C7=O)CC5)OC4)nc3C(F)F)c2n1.O=C1CCC(N2C(=O)c3cccc(NCCCOC4CCNCC4)c3C2=O)C(=O)N1. The number of alkyl halides is 4. The summed E-state index contributed by atoms with van der Waals surface area (Å²) in [4.78, 5) is 138. The number of anilines is 6. The lowest BCUT2D eigenvalue weighted by Crippen LogP contribution is -2.54. The number of hydrogen-bond acceptors (Lipinski definition) is 33. The second-order valence-electron chi connectivity index (χ2n) is 30.8. The average molecular weight is 1910 g/mol. The van der Waals surface area contributed by atoms with Crippen LogP contribution in [0.4, 0.5) is 51.9 Å². The lowest BCUT2D eigenvalue weighted by molar-refractivity contribution is -0.208. The third-order valence-electron chi connectivity index (χ3n) is 21.7. The van der Waals surface area contributed by atoms with E-state index in [1.165, 1.54) is 67.7 Å². The van der Waals surface area contributed by atoms with Gasteiger partial charge in [-0.1, -0.05) is 19.6 Å². The second kappa shape index (κ2) is 48.8. The number of ether oxygens (including phenoxy) is 8. The first-order valence-electron chi connectivity index (χ1n) is 42.9. The summed E-state index contributed by atoms with van der Waals surface area (Å²) in [6, 6.07) is 9.94. The molecule has 133 heavy (non-hydrogen) atoms. The Kier molecular flexibility index (Phi) is 38.0. The molecule has 43 nitrogen and oxygen atoms in total. The number of aromatic nitrogens is 10. The summed E-state index contributed by atoms with van der Waals surface area (Å²) in [5.41, 5.74) is 12.3. The van der Waals surface area contributed by atoms with E-state index in [9.17, 15) is 73.9 Å². The standard InChI is InChI=1S/C37H41F2N11O8.C21H26N4O5.C17H19F2N7O6S.2C4H10O.CH4.ClH/c38-32(39)31-25(43-34(52)23-15-42-48-13-9-27(40)44-33(23)48)16-49(46-31)20-18-57-29(58-19-20)17-47-11-7-21(8-12-47)56-14-2-10-41-24-4-1-3-22-30(24)37(55)50(36(22)54)26-5-6-28(51)45-35(26)53;26-17-6-5-16(19(27)24-17)25-20(28)14-3-1-4-15(18(14)21(25)29)23-9-2-12-30-13-7-10-22-11-8-13;1-33(28,29)32-8-13-30-6-9(7-31-13)26-5-11(14(24-26)15(18)19)22-17(27)10-4-21-25-3-2-12(20)23-16(10)25;2*1-3-5-4-2;;/h1,3-4,9,13,15-16,20-21,26,29,32,41H,2,5-8,10-12,14,17-19H2,(H2,40,44)(H,43,52)(H,45,51,53);1,3-4,13,16,22-23H,2,5-12H2,(H,24,26,27);2-5,9,13,15H,6-8H2,1H3,(H2,20,23)(H,22,27);2*3-4H2,1-2H3;1H4;1H. The number of nitrogens with one attached hydrogen (secondary N) is 7. The van der Waals surface area contributed by atoms with Crippen LogP contribution >= 0.6 is 12.4 Å². The van der Waals surface area contributed by atoms with E-state index >= 15 is 0 Å². The third-order valence-corrected chi connectivity index (χ3v) is 22.3. The molecule has 10 amide bonds. The Morgan fingerprint density at radius 2 is 0.977 bits per heavy atom. The number of fused-ring (bicyclic) bond motifs is 4. The first-order chi connectivity index (χ1) is 63.0. The quantitative estimate of drug-likeness (QED) is 0.00983. The van der Waals surface area contributed by atoms with Gasteiger partial charge in [-0.25, -0.2) is 36.6 Å². The molecule has 8 aliphatic heterocycles. The van der Waals surface area contributed by atoms with Gasteiger partial charge in [0.25, 0.3) is 58.4 Å². The maximum atomic E-state index is 14.0. The van der Waals surface area contributed by atoms with Crippen molar-refractivity contribution in [1.82, 2.24) is 79.4 Å². The molecular weight excluding hydrogens is 1800 g/mol. The number of rotatable bonds is 31. The fraction of sp³-hybridized carbons (Fsp3) is 0.524. The zero-order chi connectivity index (χ0) is 93.6. The highest BCUT2D eigenvalue weighted by Crippen LogP contribution is 2.37. The van der Waals surface area contributed by atoms with Crippen molar-refractivity contribution in [3.05, 3.63) is 130 Å². The van der Waals surface area contributed by atoms with Gasteiger partial charge < -0.3 is 75.9 Å². The molecule has 8 aliphatic rings. The lowest BCUT2D eigenvalue weighted by atomic mass is 10.0. The smallest absolute Gasteiger partial charge is 0.284 e. The number of nitrogen functional groups attached to an aromatic ring is 2.